The SMILES string of the molecule is CCc1ccc(N([C@H](C)C(=O)Nc2ccc(N3CCCCC3)cc2)S(C)(=O)=O)cc1. The van der Waals surface area contributed by atoms with Gasteiger partial charge in [-0.15, -0.1) is 0 Å². The molecule has 0 saturated carbocycles. The van der Waals surface area contributed by atoms with Crippen LogP contribution in [0.3, 0.4) is 0 Å². The fourth-order valence-corrected chi connectivity index (χ4v) is 5.02. The number of hydrogen-bond donors (Lipinski definition) is 1. The van der Waals surface area contributed by atoms with E-state index in [2.05, 4.69) is 10.2 Å². The van der Waals surface area contributed by atoms with Gasteiger partial charge in [0.2, 0.25) is 15.9 Å². The molecule has 1 saturated heterocycles. The highest BCUT2D eigenvalue weighted by molar-refractivity contribution is 7.92. The molecule has 1 aliphatic heterocycles. The van der Waals surface area contributed by atoms with Crippen molar-refractivity contribution in [3.63, 3.8) is 0 Å². The monoisotopic (exact) mass is 429 g/mol. The normalized spacial score (nSPS) is 15.5. The first kappa shape index (κ1) is 22.2. The Bertz CT molecular complexity index is 950. The molecule has 1 amide bonds. The summed E-state index contributed by atoms with van der Waals surface area (Å²) < 4.78 is 26.1. The Balaban J connectivity index is 1.73. The Hall–Kier alpha value is -2.54. The predicted octanol–water partition coefficient (Wildman–Crippen LogP) is 4.03. The molecule has 1 atom stereocenters. The van der Waals surface area contributed by atoms with Crippen LogP contribution < -0.4 is 14.5 Å². The van der Waals surface area contributed by atoms with E-state index < -0.39 is 16.1 Å². The van der Waals surface area contributed by atoms with E-state index >= 15 is 0 Å². The van der Waals surface area contributed by atoms with Crippen molar-refractivity contribution >= 4 is 33.0 Å². The molecule has 162 valence electrons. The molecule has 0 radical (unpaired) electrons. The van der Waals surface area contributed by atoms with Crippen molar-refractivity contribution in [2.45, 2.75) is 45.6 Å². The van der Waals surface area contributed by atoms with Crippen LogP contribution in [-0.2, 0) is 21.2 Å². The van der Waals surface area contributed by atoms with E-state index in [0.717, 1.165) is 37.0 Å². The first-order valence-electron chi connectivity index (χ1n) is 10.5. The molecule has 0 aliphatic carbocycles. The van der Waals surface area contributed by atoms with Crippen LogP contribution in [0.4, 0.5) is 17.1 Å². The zero-order chi connectivity index (χ0) is 21.7. The molecule has 1 fully saturated rings. The summed E-state index contributed by atoms with van der Waals surface area (Å²) in [5, 5.41) is 2.85. The van der Waals surface area contributed by atoms with Gasteiger partial charge in [0.05, 0.1) is 11.9 Å². The van der Waals surface area contributed by atoms with Gasteiger partial charge in [-0.3, -0.25) is 9.10 Å². The lowest BCUT2D eigenvalue weighted by Gasteiger charge is -2.29. The van der Waals surface area contributed by atoms with Crippen molar-refractivity contribution in [1.82, 2.24) is 0 Å². The van der Waals surface area contributed by atoms with Gasteiger partial charge < -0.3 is 10.2 Å². The summed E-state index contributed by atoms with van der Waals surface area (Å²) in [7, 11) is -3.63. The molecule has 0 aromatic heterocycles. The van der Waals surface area contributed by atoms with Crippen LogP contribution in [-0.4, -0.2) is 39.7 Å². The number of rotatable bonds is 7. The zero-order valence-corrected chi connectivity index (χ0v) is 18.8. The summed E-state index contributed by atoms with van der Waals surface area (Å²) in [5.41, 5.74) is 3.40. The number of piperidine rings is 1. The third kappa shape index (κ3) is 5.33. The lowest BCUT2D eigenvalue weighted by molar-refractivity contribution is -0.116. The molecule has 1 heterocycles. The second-order valence-corrected chi connectivity index (χ2v) is 9.70. The van der Waals surface area contributed by atoms with Crippen LogP contribution in [0.2, 0.25) is 0 Å². The number of carbonyl (C=O) groups excluding carboxylic acids is 1. The lowest BCUT2D eigenvalue weighted by Crippen LogP contribution is -2.45. The number of nitrogens with zero attached hydrogens (tertiary/aromatic N) is 2. The largest absolute Gasteiger partial charge is 0.372 e. The molecule has 0 unspecified atom stereocenters. The summed E-state index contributed by atoms with van der Waals surface area (Å²) in [5.74, 6) is -0.370. The van der Waals surface area contributed by atoms with Gasteiger partial charge in [-0.25, -0.2) is 8.42 Å². The van der Waals surface area contributed by atoms with E-state index in [1.54, 1.807) is 19.1 Å². The molecular weight excluding hydrogens is 398 g/mol. The number of sulfonamides is 1. The molecule has 0 spiro atoms. The van der Waals surface area contributed by atoms with Crippen LogP contribution in [0.5, 0.6) is 0 Å². The average molecular weight is 430 g/mol. The van der Waals surface area contributed by atoms with Gasteiger partial charge in [0.15, 0.2) is 0 Å². The maximum Gasteiger partial charge on any atom is 0.247 e. The van der Waals surface area contributed by atoms with Crippen LogP contribution in [0.15, 0.2) is 48.5 Å². The van der Waals surface area contributed by atoms with Crippen molar-refractivity contribution in [2.24, 2.45) is 0 Å². The summed E-state index contributed by atoms with van der Waals surface area (Å²) in [6.45, 7) is 5.76. The second kappa shape index (κ2) is 9.51. The van der Waals surface area contributed by atoms with E-state index in [1.807, 2.05) is 43.3 Å². The van der Waals surface area contributed by atoms with Crippen molar-refractivity contribution in [3.05, 3.63) is 54.1 Å². The first-order valence-corrected chi connectivity index (χ1v) is 12.4. The molecule has 1 aliphatic rings. The Morgan fingerprint density at radius 3 is 2.17 bits per heavy atom. The van der Waals surface area contributed by atoms with Gasteiger partial charge in [-0.05, 0) is 74.6 Å². The maximum absolute atomic E-state index is 12.9. The highest BCUT2D eigenvalue weighted by atomic mass is 32.2. The van der Waals surface area contributed by atoms with E-state index in [4.69, 9.17) is 0 Å². The third-order valence-corrected chi connectivity index (χ3v) is 6.79. The van der Waals surface area contributed by atoms with Gasteiger partial charge >= 0.3 is 0 Å². The Kier molecular flexibility index (Phi) is 7.02. The zero-order valence-electron chi connectivity index (χ0n) is 18.0. The van der Waals surface area contributed by atoms with E-state index in [-0.39, 0.29) is 5.91 Å². The lowest BCUT2D eigenvalue weighted by atomic mass is 10.1. The average Bonchev–Trinajstić information content (AvgIpc) is 2.74. The fourth-order valence-electron chi connectivity index (χ4n) is 3.84. The van der Waals surface area contributed by atoms with Gasteiger partial charge in [-0.1, -0.05) is 19.1 Å². The minimum atomic E-state index is -3.63. The number of hydrogen-bond acceptors (Lipinski definition) is 4. The quantitative estimate of drug-likeness (QED) is 0.721. The van der Waals surface area contributed by atoms with E-state index in [9.17, 15) is 13.2 Å². The fraction of sp³-hybridized carbons (Fsp3) is 0.435. The predicted molar refractivity (Wildman–Crippen MR) is 124 cm³/mol. The second-order valence-electron chi connectivity index (χ2n) is 7.84. The van der Waals surface area contributed by atoms with Crippen LogP contribution >= 0.6 is 0 Å². The van der Waals surface area contributed by atoms with Crippen molar-refractivity contribution in [1.29, 1.82) is 0 Å². The molecule has 2 aromatic carbocycles. The highest BCUT2D eigenvalue weighted by Gasteiger charge is 2.29. The molecule has 3 rings (SSSR count). The summed E-state index contributed by atoms with van der Waals surface area (Å²) >= 11 is 0. The van der Waals surface area contributed by atoms with Crippen molar-refractivity contribution in [2.75, 3.05) is 33.9 Å². The summed E-state index contributed by atoms with van der Waals surface area (Å²) in [6.07, 6.45) is 5.67. The summed E-state index contributed by atoms with van der Waals surface area (Å²) in [4.78, 5) is 15.2. The van der Waals surface area contributed by atoms with Crippen molar-refractivity contribution in [3.8, 4) is 0 Å². The van der Waals surface area contributed by atoms with Crippen LogP contribution in [0, 0.1) is 0 Å². The van der Waals surface area contributed by atoms with E-state index in [1.165, 1.54) is 23.6 Å². The smallest absolute Gasteiger partial charge is 0.247 e. The van der Waals surface area contributed by atoms with Crippen LogP contribution in [0.25, 0.3) is 0 Å². The number of anilines is 3. The molecule has 7 heteroatoms. The topological polar surface area (TPSA) is 69.7 Å². The number of carbonyl (C=O) groups is 1. The molecule has 1 N–H and O–H groups in total. The van der Waals surface area contributed by atoms with Gasteiger partial charge in [0.25, 0.3) is 0 Å². The number of aryl methyl sites for hydroxylation is 1. The van der Waals surface area contributed by atoms with Gasteiger partial charge in [-0.2, -0.15) is 0 Å². The van der Waals surface area contributed by atoms with Crippen LogP contribution in [0.1, 0.15) is 38.7 Å². The Morgan fingerprint density at radius 1 is 1.03 bits per heavy atom. The minimum absolute atomic E-state index is 0.370. The molecule has 6 nitrogen and oxygen atoms in total. The minimum Gasteiger partial charge on any atom is -0.372 e. The first-order chi connectivity index (χ1) is 14.3. The van der Waals surface area contributed by atoms with E-state index in [0.29, 0.717) is 11.4 Å². The van der Waals surface area contributed by atoms with Gasteiger partial charge in [0.1, 0.15) is 6.04 Å². The molecular formula is C23H31N3O3S. The molecule has 30 heavy (non-hydrogen) atoms. The van der Waals surface area contributed by atoms with Gasteiger partial charge in [0, 0.05) is 24.5 Å². The third-order valence-electron chi connectivity index (χ3n) is 5.54. The Morgan fingerprint density at radius 2 is 1.63 bits per heavy atom. The molecule has 2 aromatic rings. The Labute approximate surface area is 179 Å². The number of benzene rings is 2. The number of nitrogens with one attached hydrogen (secondary N) is 1. The maximum atomic E-state index is 12.9. The highest BCUT2D eigenvalue weighted by Crippen LogP contribution is 2.24. The number of amides is 1. The molecule has 0 bridgehead atoms. The summed E-state index contributed by atoms with van der Waals surface area (Å²) in [6, 6.07) is 14.1. The standard InChI is InChI=1S/C23H31N3O3S/c1-4-19-8-12-22(13-9-19)26(30(3,28)29)18(2)23(27)24-20-10-14-21(15-11-20)25-16-6-5-7-17-25/h8-15,18H,4-7,16-17H2,1-3H3,(H,24,27)/t18-/m1/s1. The van der Waals surface area contributed by atoms with Crippen molar-refractivity contribution < 1.29 is 13.2 Å².